The second-order valence-electron chi connectivity index (χ2n) is 10.1. The number of carbonyl (C=O) groups is 1. The Labute approximate surface area is 257 Å². The van der Waals surface area contributed by atoms with Gasteiger partial charge in [0, 0.05) is 18.5 Å². The predicted octanol–water partition coefficient (Wildman–Crippen LogP) is 5.11. The fraction of sp³-hybridized carbons (Fsp3) is 0.379. The minimum Gasteiger partial charge on any atom is -0.489 e. The molecule has 2 heterocycles. The number of rotatable bonds is 12. The van der Waals surface area contributed by atoms with Crippen LogP contribution in [0.1, 0.15) is 30.1 Å². The highest BCUT2D eigenvalue weighted by Gasteiger charge is 2.36. The summed E-state index contributed by atoms with van der Waals surface area (Å²) < 4.78 is 75.8. The lowest BCUT2D eigenvalue weighted by Gasteiger charge is -2.32. The molecule has 1 saturated carbocycles. The van der Waals surface area contributed by atoms with Crippen LogP contribution in [0.25, 0.3) is 0 Å². The minimum atomic E-state index is -3.88. The molecule has 1 aromatic heterocycles. The lowest BCUT2D eigenvalue weighted by molar-refractivity contribution is -0.377. The SMILES string of the molecule is O=C(O[C@@H](Cc1c(Cl)c[nH+]cc1Cl)c1ccc(OC(F)F)c(OCC2CC2)c1)[C@H]1CN(S(=O)(=O)c2ccccc2)CCO1. The first-order valence-corrected chi connectivity index (χ1v) is 15.7. The maximum atomic E-state index is 13.5. The zero-order valence-electron chi connectivity index (χ0n) is 22.8. The van der Waals surface area contributed by atoms with Crippen molar-refractivity contribution in [2.75, 3.05) is 26.3 Å². The number of halogens is 4. The van der Waals surface area contributed by atoms with Crippen molar-refractivity contribution in [1.29, 1.82) is 0 Å². The van der Waals surface area contributed by atoms with E-state index >= 15 is 0 Å². The molecule has 2 aliphatic rings. The summed E-state index contributed by atoms with van der Waals surface area (Å²) in [7, 11) is -3.88. The summed E-state index contributed by atoms with van der Waals surface area (Å²) >= 11 is 12.8. The highest BCUT2D eigenvalue weighted by atomic mass is 35.5. The van der Waals surface area contributed by atoms with Crippen LogP contribution < -0.4 is 14.5 Å². The van der Waals surface area contributed by atoms with E-state index < -0.39 is 34.8 Å². The van der Waals surface area contributed by atoms with Gasteiger partial charge in [0.1, 0.15) is 16.1 Å². The molecule has 2 aromatic carbocycles. The Morgan fingerprint density at radius 1 is 1.07 bits per heavy atom. The number of nitrogens with zero attached hydrogens (tertiary/aromatic N) is 1. The van der Waals surface area contributed by atoms with Gasteiger partial charge >= 0.3 is 12.6 Å². The summed E-state index contributed by atoms with van der Waals surface area (Å²) in [6.07, 6.45) is 2.74. The summed E-state index contributed by atoms with van der Waals surface area (Å²) in [5.41, 5.74) is 0.858. The van der Waals surface area contributed by atoms with Gasteiger partial charge in [-0.3, -0.25) is 0 Å². The molecule has 9 nitrogen and oxygen atoms in total. The van der Waals surface area contributed by atoms with Crippen LogP contribution in [0, 0.1) is 5.92 Å². The van der Waals surface area contributed by atoms with Crippen LogP contribution in [0.2, 0.25) is 10.0 Å². The van der Waals surface area contributed by atoms with Crippen molar-refractivity contribution in [3.8, 4) is 11.5 Å². The third-order valence-electron chi connectivity index (χ3n) is 7.04. The van der Waals surface area contributed by atoms with Crippen molar-refractivity contribution in [1.82, 2.24) is 4.31 Å². The fourth-order valence-corrected chi connectivity index (χ4v) is 6.53. The molecule has 43 heavy (non-hydrogen) atoms. The number of carbonyl (C=O) groups excluding carboxylic acids is 1. The van der Waals surface area contributed by atoms with Crippen molar-refractivity contribution in [2.24, 2.45) is 5.92 Å². The number of benzene rings is 2. The summed E-state index contributed by atoms with van der Waals surface area (Å²) in [5.74, 6) is -0.583. The average molecular weight is 659 g/mol. The van der Waals surface area contributed by atoms with Crippen LogP contribution >= 0.6 is 23.2 Å². The smallest absolute Gasteiger partial charge is 0.387 e. The number of morpholine rings is 1. The van der Waals surface area contributed by atoms with Gasteiger partial charge in [-0.1, -0.05) is 47.5 Å². The van der Waals surface area contributed by atoms with Crippen molar-refractivity contribution in [3.63, 3.8) is 0 Å². The molecule has 0 amide bonds. The third kappa shape index (κ3) is 7.93. The van der Waals surface area contributed by atoms with Crippen LogP contribution in [0.3, 0.4) is 0 Å². The Kier molecular flexibility index (Phi) is 10.0. The molecular weight excluding hydrogens is 629 g/mol. The Morgan fingerprint density at radius 3 is 2.47 bits per heavy atom. The molecule has 1 N–H and O–H groups in total. The number of pyridine rings is 1. The van der Waals surface area contributed by atoms with Gasteiger partial charge in [-0.2, -0.15) is 13.1 Å². The van der Waals surface area contributed by atoms with Crippen molar-refractivity contribution in [2.45, 2.75) is 43.0 Å². The van der Waals surface area contributed by atoms with E-state index in [4.69, 9.17) is 37.4 Å². The van der Waals surface area contributed by atoms with E-state index in [2.05, 4.69) is 9.72 Å². The van der Waals surface area contributed by atoms with Crippen LogP contribution in [0.15, 0.2) is 65.8 Å². The Balaban J connectivity index is 1.41. The fourth-order valence-electron chi connectivity index (χ4n) is 4.55. The van der Waals surface area contributed by atoms with E-state index in [1.165, 1.54) is 47.0 Å². The summed E-state index contributed by atoms with van der Waals surface area (Å²) in [4.78, 5) is 16.4. The van der Waals surface area contributed by atoms with Gasteiger partial charge in [-0.25, -0.2) is 18.2 Å². The number of sulfonamides is 1. The Hall–Kier alpha value is -3.03. The lowest BCUT2D eigenvalue weighted by Crippen LogP contribution is -2.49. The lowest BCUT2D eigenvalue weighted by atomic mass is 10.0. The van der Waals surface area contributed by atoms with Crippen LogP contribution in [0.5, 0.6) is 11.5 Å². The Morgan fingerprint density at radius 2 is 1.79 bits per heavy atom. The predicted molar refractivity (Wildman–Crippen MR) is 152 cm³/mol. The van der Waals surface area contributed by atoms with Gasteiger partial charge in [0.15, 0.2) is 30.0 Å². The zero-order chi connectivity index (χ0) is 30.6. The molecule has 3 aromatic rings. The van der Waals surface area contributed by atoms with E-state index in [9.17, 15) is 22.0 Å². The van der Waals surface area contributed by atoms with E-state index in [0.717, 1.165) is 12.8 Å². The van der Waals surface area contributed by atoms with Crippen molar-refractivity contribution < 1.29 is 45.9 Å². The molecule has 0 radical (unpaired) electrons. The second-order valence-corrected chi connectivity index (χ2v) is 12.9. The van der Waals surface area contributed by atoms with Crippen LogP contribution in [-0.4, -0.2) is 57.7 Å². The van der Waals surface area contributed by atoms with Crippen molar-refractivity contribution >= 4 is 39.2 Å². The average Bonchev–Trinajstić information content (AvgIpc) is 3.83. The highest BCUT2D eigenvalue weighted by Crippen LogP contribution is 2.38. The molecule has 0 bridgehead atoms. The second kappa shape index (κ2) is 13.7. The monoisotopic (exact) mass is 657 g/mol. The van der Waals surface area contributed by atoms with Gasteiger partial charge in [0.05, 0.1) is 24.7 Å². The molecule has 1 saturated heterocycles. The number of aromatic amines is 1. The van der Waals surface area contributed by atoms with E-state index in [0.29, 0.717) is 23.7 Å². The first-order chi connectivity index (χ1) is 20.6. The number of esters is 1. The molecule has 2 atom stereocenters. The molecule has 230 valence electrons. The topological polar surface area (TPSA) is 106 Å². The summed E-state index contributed by atoms with van der Waals surface area (Å²) in [6, 6.07) is 12.1. The molecule has 5 rings (SSSR count). The van der Waals surface area contributed by atoms with Gasteiger partial charge in [-0.15, -0.1) is 0 Å². The van der Waals surface area contributed by atoms with Crippen LogP contribution in [0.4, 0.5) is 8.78 Å². The number of H-pyrrole nitrogens is 1. The minimum absolute atomic E-state index is 0.00789. The zero-order valence-corrected chi connectivity index (χ0v) is 25.1. The number of alkyl halides is 2. The van der Waals surface area contributed by atoms with Gasteiger partial charge in [0.25, 0.3) is 0 Å². The molecule has 2 fully saturated rings. The maximum absolute atomic E-state index is 13.5. The number of hydrogen-bond acceptors (Lipinski definition) is 7. The molecule has 1 aliphatic carbocycles. The molecule has 14 heteroatoms. The van der Waals surface area contributed by atoms with Gasteiger partial charge < -0.3 is 18.9 Å². The van der Waals surface area contributed by atoms with E-state index in [-0.39, 0.29) is 52.6 Å². The standard InChI is InChI=1S/C29H28Cl2F2N2O7S/c30-22-14-34-15-23(31)21(22)13-25(19-8-9-24(42-29(32)33)26(12-19)40-17-18-6-7-18)41-28(36)27-16-35(10-11-39-27)43(37,38)20-4-2-1-3-5-20/h1-5,8-9,12,14-15,18,25,27,29H,6-7,10-11,13,16-17H2/p+1/t25-,27+/m0/s1. The van der Waals surface area contributed by atoms with Crippen molar-refractivity contribution in [3.05, 3.63) is 82.1 Å². The summed E-state index contributed by atoms with van der Waals surface area (Å²) in [6.45, 7) is -2.98. The number of hydrogen-bond donors (Lipinski definition) is 0. The van der Waals surface area contributed by atoms with E-state index in [1.807, 2.05) is 0 Å². The van der Waals surface area contributed by atoms with Crippen LogP contribution in [-0.2, 0) is 30.7 Å². The highest BCUT2D eigenvalue weighted by molar-refractivity contribution is 7.89. The van der Waals surface area contributed by atoms with Gasteiger partial charge in [-0.05, 0) is 48.6 Å². The third-order valence-corrected chi connectivity index (χ3v) is 9.60. The normalized spacial score (nSPS) is 18.3. The quantitative estimate of drug-likeness (QED) is 0.249. The molecule has 0 unspecified atom stereocenters. The molecule has 0 spiro atoms. The molecule has 1 aliphatic heterocycles. The largest absolute Gasteiger partial charge is 0.489 e. The number of nitrogens with one attached hydrogen (secondary N) is 1. The number of ether oxygens (including phenoxy) is 4. The molecular formula is C29H29Cl2F2N2O7S+. The Bertz CT molecular complexity index is 1520. The maximum Gasteiger partial charge on any atom is 0.387 e. The van der Waals surface area contributed by atoms with E-state index in [1.54, 1.807) is 18.2 Å². The summed E-state index contributed by atoms with van der Waals surface area (Å²) in [5, 5.41) is 0.566. The first-order valence-electron chi connectivity index (χ1n) is 13.5. The van der Waals surface area contributed by atoms with Gasteiger partial charge in [0.2, 0.25) is 10.0 Å². The first kappa shape index (κ1) is 31.4. The number of aromatic nitrogens is 1.